The van der Waals surface area contributed by atoms with Crippen LogP contribution in [0.25, 0.3) is 10.2 Å². The lowest BCUT2D eigenvalue weighted by molar-refractivity contribution is -0.137. The fourth-order valence-corrected chi connectivity index (χ4v) is 4.17. The molecule has 0 aliphatic carbocycles. The molecule has 1 unspecified atom stereocenters. The Kier molecular flexibility index (Phi) is 4.91. The first kappa shape index (κ1) is 15.9. The van der Waals surface area contributed by atoms with Crippen LogP contribution in [-0.4, -0.2) is 33.4 Å². The molecule has 1 aliphatic heterocycles. The van der Waals surface area contributed by atoms with Crippen molar-refractivity contribution in [2.75, 3.05) is 6.54 Å². The van der Waals surface area contributed by atoms with Crippen molar-refractivity contribution in [1.82, 2.24) is 9.88 Å². The van der Waals surface area contributed by atoms with E-state index in [1.165, 1.54) is 0 Å². The van der Waals surface area contributed by atoms with E-state index in [0.717, 1.165) is 34.6 Å². The predicted molar refractivity (Wildman–Crippen MR) is 89.4 cm³/mol. The second-order valence-corrected chi connectivity index (χ2v) is 6.93. The molecule has 3 rings (SSSR count). The molecule has 1 atom stereocenters. The first-order valence-electron chi connectivity index (χ1n) is 8.02. The summed E-state index contributed by atoms with van der Waals surface area (Å²) in [4.78, 5) is 29.6. The number of carboxylic acids is 1. The van der Waals surface area contributed by atoms with Crippen LogP contribution in [0.2, 0.25) is 0 Å². The molecule has 0 saturated carbocycles. The summed E-state index contributed by atoms with van der Waals surface area (Å²) in [6, 6.07) is 8.13. The number of carboxylic acid groups (broad SMARTS) is 1. The monoisotopic (exact) mass is 332 g/mol. The third-order valence-electron chi connectivity index (χ3n) is 4.20. The molecule has 23 heavy (non-hydrogen) atoms. The molecular weight excluding hydrogens is 312 g/mol. The SMILES string of the molecule is O=C(O)CCCCC(=O)N1CCCC1c1nc2ccccc2s1. The number of para-hydroxylation sites is 1. The lowest BCUT2D eigenvalue weighted by Crippen LogP contribution is -2.30. The maximum absolute atomic E-state index is 12.4. The van der Waals surface area contributed by atoms with Crippen LogP contribution in [0.15, 0.2) is 24.3 Å². The van der Waals surface area contributed by atoms with Gasteiger partial charge in [0.05, 0.1) is 16.3 Å². The number of rotatable bonds is 6. The Hall–Kier alpha value is -1.95. The number of fused-ring (bicyclic) bond motifs is 1. The highest BCUT2D eigenvalue weighted by Crippen LogP contribution is 2.36. The number of thiazole rings is 1. The molecule has 0 spiro atoms. The number of carbonyl (C=O) groups excluding carboxylic acids is 1. The molecule has 1 fully saturated rings. The first-order valence-corrected chi connectivity index (χ1v) is 8.83. The van der Waals surface area contributed by atoms with Gasteiger partial charge in [0.25, 0.3) is 0 Å². The van der Waals surface area contributed by atoms with Crippen molar-refractivity contribution in [2.24, 2.45) is 0 Å². The fourth-order valence-electron chi connectivity index (χ4n) is 3.05. The van der Waals surface area contributed by atoms with Gasteiger partial charge >= 0.3 is 5.97 Å². The zero-order valence-electron chi connectivity index (χ0n) is 12.9. The molecule has 6 heteroatoms. The molecule has 1 N–H and O–H groups in total. The summed E-state index contributed by atoms with van der Waals surface area (Å²) in [5.74, 6) is -0.678. The number of hydrogen-bond donors (Lipinski definition) is 1. The number of aromatic nitrogens is 1. The van der Waals surface area contributed by atoms with Gasteiger partial charge < -0.3 is 10.0 Å². The van der Waals surface area contributed by atoms with Gasteiger partial charge in [0, 0.05) is 19.4 Å². The van der Waals surface area contributed by atoms with E-state index in [9.17, 15) is 9.59 Å². The number of carbonyl (C=O) groups is 2. The summed E-state index contributed by atoms with van der Waals surface area (Å²) < 4.78 is 1.16. The molecule has 1 amide bonds. The van der Waals surface area contributed by atoms with Crippen molar-refractivity contribution in [3.63, 3.8) is 0 Å². The van der Waals surface area contributed by atoms with Crippen LogP contribution < -0.4 is 0 Å². The Balaban J connectivity index is 1.65. The Morgan fingerprint density at radius 2 is 2.04 bits per heavy atom. The number of aliphatic carboxylic acids is 1. The highest BCUT2D eigenvalue weighted by molar-refractivity contribution is 7.18. The Bertz CT molecular complexity index is 680. The molecule has 1 saturated heterocycles. The zero-order valence-corrected chi connectivity index (χ0v) is 13.7. The minimum atomic E-state index is -0.800. The average Bonchev–Trinajstić information content (AvgIpc) is 3.16. The molecule has 122 valence electrons. The number of unbranched alkanes of at least 4 members (excludes halogenated alkanes) is 1. The number of benzene rings is 1. The Morgan fingerprint density at radius 1 is 1.26 bits per heavy atom. The van der Waals surface area contributed by atoms with Gasteiger partial charge in [-0.15, -0.1) is 11.3 Å². The summed E-state index contributed by atoms with van der Waals surface area (Å²) >= 11 is 1.67. The molecular formula is C17H20N2O3S. The minimum Gasteiger partial charge on any atom is -0.481 e. The maximum Gasteiger partial charge on any atom is 0.303 e. The molecule has 5 nitrogen and oxygen atoms in total. The van der Waals surface area contributed by atoms with Crippen LogP contribution >= 0.6 is 11.3 Å². The fraction of sp³-hybridized carbons (Fsp3) is 0.471. The predicted octanol–water partition coefficient (Wildman–Crippen LogP) is 3.60. The molecule has 1 aromatic heterocycles. The first-order chi connectivity index (χ1) is 11.1. The summed E-state index contributed by atoms with van der Waals surface area (Å²) in [5.41, 5.74) is 0.994. The number of nitrogens with zero attached hydrogens (tertiary/aromatic N) is 2. The van der Waals surface area contributed by atoms with Crippen molar-refractivity contribution in [3.8, 4) is 0 Å². The van der Waals surface area contributed by atoms with Crippen LogP contribution in [-0.2, 0) is 9.59 Å². The van der Waals surface area contributed by atoms with Crippen LogP contribution in [0.1, 0.15) is 49.6 Å². The van der Waals surface area contributed by atoms with Crippen molar-refractivity contribution >= 4 is 33.4 Å². The minimum absolute atomic E-state index is 0.0828. The second kappa shape index (κ2) is 7.08. The van der Waals surface area contributed by atoms with Gasteiger partial charge in [0.15, 0.2) is 0 Å². The van der Waals surface area contributed by atoms with E-state index in [4.69, 9.17) is 10.1 Å². The summed E-state index contributed by atoms with van der Waals surface area (Å²) in [5, 5.41) is 9.66. The molecule has 2 heterocycles. The van der Waals surface area contributed by atoms with Crippen LogP contribution in [0.3, 0.4) is 0 Å². The van der Waals surface area contributed by atoms with Gasteiger partial charge in [-0.1, -0.05) is 12.1 Å². The summed E-state index contributed by atoms with van der Waals surface area (Å²) in [6.07, 6.45) is 3.71. The molecule has 0 bridgehead atoms. The highest BCUT2D eigenvalue weighted by Gasteiger charge is 2.31. The van der Waals surface area contributed by atoms with Gasteiger partial charge in [-0.2, -0.15) is 0 Å². The Morgan fingerprint density at radius 3 is 2.83 bits per heavy atom. The van der Waals surface area contributed by atoms with E-state index in [1.54, 1.807) is 11.3 Å². The summed E-state index contributed by atoms with van der Waals surface area (Å²) in [6.45, 7) is 0.776. The second-order valence-electron chi connectivity index (χ2n) is 5.87. The van der Waals surface area contributed by atoms with Gasteiger partial charge in [0.1, 0.15) is 5.01 Å². The maximum atomic E-state index is 12.4. The molecule has 0 radical (unpaired) electrons. The number of hydrogen-bond acceptors (Lipinski definition) is 4. The smallest absolute Gasteiger partial charge is 0.303 e. The Labute approximate surface area is 138 Å². The average molecular weight is 332 g/mol. The quantitative estimate of drug-likeness (QED) is 0.821. The number of amides is 1. The largest absolute Gasteiger partial charge is 0.481 e. The van der Waals surface area contributed by atoms with E-state index in [1.807, 2.05) is 23.1 Å². The van der Waals surface area contributed by atoms with E-state index in [2.05, 4.69) is 6.07 Å². The standard InChI is InChI=1S/C17H20N2O3S/c20-15(9-3-4-10-16(21)22)19-11-5-7-13(19)17-18-12-6-1-2-8-14(12)23-17/h1-2,6,8,13H,3-5,7,9-11H2,(H,21,22). The van der Waals surface area contributed by atoms with Gasteiger partial charge in [0.2, 0.25) is 5.91 Å². The third kappa shape index (κ3) is 3.69. The van der Waals surface area contributed by atoms with Crippen LogP contribution in [0.4, 0.5) is 0 Å². The van der Waals surface area contributed by atoms with Gasteiger partial charge in [-0.3, -0.25) is 9.59 Å². The van der Waals surface area contributed by atoms with E-state index < -0.39 is 5.97 Å². The van der Waals surface area contributed by atoms with Crippen LogP contribution in [0.5, 0.6) is 0 Å². The van der Waals surface area contributed by atoms with Gasteiger partial charge in [-0.05, 0) is 37.8 Å². The lowest BCUT2D eigenvalue weighted by atomic mass is 10.1. The van der Waals surface area contributed by atoms with Crippen molar-refractivity contribution < 1.29 is 14.7 Å². The molecule has 1 aromatic carbocycles. The van der Waals surface area contributed by atoms with Crippen molar-refractivity contribution in [2.45, 2.75) is 44.6 Å². The zero-order chi connectivity index (χ0) is 16.2. The normalized spacial score (nSPS) is 17.7. The van der Waals surface area contributed by atoms with Crippen molar-refractivity contribution in [1.29, 1.82) is 0 Å². The van der Waals surface area contributed by atoms with Crippen molar-refractivity contribution in [3.05, 3.63) is 29.3 Å². The van der Waals surface area contributed by atoms with E-state index >= 15 is 0 Å². The third-order valence-corrected chi connectivity index (χ3v) is 5.34. The van der Waals surface area contributed by atoms with E-state index in [0.29, 0.717) is 19.3 Å². The van der Waals surface area contributed by atoms with E-state index in [-0.39, 0.29) is 18.4 Å². The van der Waals surface area contributed by atoms with Crippen LogP contribution in [0, 0.1) is 0 Å². The topological polar surface area (TPSA) is 70.5 Å². The molecule has 1 aliphatic rings. The number of likely N-dealkylation sites (tertiary alicyclic amines) is 1. The van der Waals surface area contributed by atoms with Gasteiger partial charge in [-0.25, -0.2) is 4.98 Å². The molecule has 2 aromatic rings. The summed E-state index contributed by atoms with van der Waals surface area (Å²) in [7, 11) is 0. The lowest BCUT2D eigenvalue weighted by Gasteiger charge is -2.23. The highest BCUT2D eigenvalue weighted by atomic mass is 32.1.